The fraction of sp³-hybridized carbons (Fsp3) is 0.412. The smallest absolute Gasteiger partial charge is 0.350 e. The van der Waals surface area contributed by atoms with E-state index in [1.54, 1.807) is 0 Å². The van der Waals surface area contributed by atoms with Gasteiger partial charge in [0.15, 0.2) is 13.1 Å². The van der Waals surface area contributed by atoms with Crippen molar-refractivity contribution in [3.8, 4) is 0 Å². The third kappa shape index (κ3) is 1.54. The van der Waals surface area contributed by atoms with Gasteiger partial charge in [-0.25, -0.2) is 9.28 Å². The quantitative estimate of drug-likeness (QED) is 0.422. The van der Waals surface area contributed by atoms with Crippen LogP contribution in [0.4, 0.5) is 0 Å². The first kappa shape index (κ1) is 12.8. The molecule has 0 bridgehead atoms. The minimum atomic E-state index is -0.237. The van der Waals surface area contributed by atoms with Crippen LogP contribution in [0, 0.1) is 0 Å². The number of fused-ring (bicyclic) bond motifs is 5. The van der Waals surface area contributed by atoms with Crippen molar-refractivity contribution in [3.63, 3.8) is 0 Å². The number of carbonyl (C=O) groups excluding carboxylic acids is 1. The molecule has 21 heavy (non-hydrogen) atoms. The molecule has 2 unspecified atom stereocenters. The van der Waals surface area contributed by atoms with Crippen molar-refractivity contribution < 1.29 is 18.6 Å². The molecule has 4 nitrogen and oxygen atoms in total. The molecule has 0 amide bonds. The molecule has 2 aromatic rings. The number of carbonyl (C=O) groups is 1. The minimum Gasteiger partial charge on any atom is -0.350 e. The van der Waals surface area contributed by atoms with Crippen LogP contribution in [0.1, 0.15) is 32.8 Å². The Bertz CT molecular complexity index is 763. The largest absolute Gasteiger partial charge is 0.449 e. The summed E-state index contributed by atoms with van der Waals surface area (Å²) in [7, 11) is 0. The monoisotopic (exact) mass is 284 g/mol. The molecule has 0 aliphatic carbocycles. The van der Waals surface area contributed by atoms with E-state index in [-0.39, 0.29) is 17.9 Å². The average Bonchev–Trinajstić information content (AvgIpc) is 2.90. The summed E-state index contributed by atoms with van der Waals surface area (Å²) in [6, 6.07) is 12.6. The summed E-state index contributed by atoms with van der Waals surface area (Å²) in [4.78, 5) is 12.0. The average molecular weight is 284 g/mol. The molecule has 0 saturated carbocycles. The Kier molecular flexibility index (Phi) is 2.33. The third-order valence-corrected chi connectivity index (χ3v) is 5.03. The second-order valence-electron chi connectivity index (χ2n) is 7.09. The van der Waals surface area contributed by atoms with Gasteiger partial charge in [0, 0.05) is 17.5 Å². The van der Waals surface area contributed by atoms with E-state index >= 15 is 0 Å². The summed E-state index contributed by atoms with van der Waals surface area (Å²) < 4.78 is 8.61. The van der Waals surface area contributed by atoms with E-state index in [1.165, 1.54) is 11.1 Å². The van der Waals surface area contributed by atoms with Gasteiger partial charge >= 0.3 is 12.3 Å². The number of pyridine rings is 1. The molecule has 0 radical (unpaired) electrons. The number of hydrogen-bond donors (Lipinski definition) is 0. The summed E-state index contributed by atoms with van der Waals surface area (Å²) in [5.41, 5.74) is 2.32. The van der Waals surface area contributed by atoms with Crippen molar-refractivity contribution in [1.29, 1.82) is 0 Å². The molecule has 1 saturated heterocycles. The zero-order valence-corrected chi connectivity index (χ0v) is 12.7. The summed E-state index contributed by atoms with van der Waals surface area (Å²) in [6.07, 6.45) is -0.237. The SMILES string of the molecule is CC(C)(C)[N+]12CC(=O)OC1[n+]1c(ccc3ccccc31)C2. The lowest BCUT2D eigenvalue weighted by Crippen LogP contribution is -2.60. The van der Waals surface area contributed by atoms with Crippen LogP contribution in [0.3, 0.4) is 0 Å². The van der Waals surface area contributed by atoms with Gasteiger partial charge in [-0.3, -0.25) is 0 Å². The Balaban J connectivity index is 2.00. The molecule has 0 N–H and O–H groups in total. The molecular formula is C17H20N2O2+2. The van der Waals surface area contributed by atoms with Crippen molar-refractivity contribution in [2.45, 2.75) is 39.2 Å². The highest BCUT2D eigenvalue weighted by Gasteiger charge is 2.66. The normalized spacial score (nSPS) is 27.6. The lowest BCUT2D eigenvalue weighted by molar-refractivity contribution is -1.08. The second kappa shape index (κ2) is 3.83. The molecule has 0 spiro atoms. The molecule has 3 heterocycles. The Morgan fingerprint density at radius 3 is 2.67 bits per heavy atom. The first-order chi connectivity index (χ1) is 9.92. The van der Waals surface area contributed by atoms with Crippen LogP contribution in [0.5, 0.6) is 0 Å². The predicted octanol–water partition coefficient (Wildman–Crippen LogP) is 2.27. The number of nitrogens with zero attached hydrogens (tertiary/aromatic N) is 2. The molecule has 4 heteroatoms. The van der Waals surface area contributed by atoms with Crippen LogP contribution in [-0.2, 0) is 16.1 Å². The maximum atomic E-state index is 12.0. The highest BCUT2D eigenvalue weighted by molar-refractivity contribution is 5.76. The van der Waals surface area contributed by atoms with E-state index in [4.69, 9.17) is 4.74 Å². The standard InChI is InChI=1S/C17H20N2O2/c1-17(2,3)19-10-13-9-8-12-6-4-5-7-14(12)18(13)16(19)21-15(20)11-19/h4-9,16H,10-11H2,1-3H3/q+2. The van der Waals surface area contributed by atoms with E-state index in [9.17, 15) is 4.79 Å². The van der Waals surface area contributed by atoms with Crippen LogP contribution in [0.15, 0.2) is 36.4 Å². The van der Waals surface area contributed by atoms with Crippen LogP contribution in [-0.4, -0.2) is 22.5 Å². The summed E-state index contributed by atoms with van der Waals surface area (Å²) in [5.74, 6) is -0.0963. The molecule has 2 aliphatic rings. The third-order valence-electron chi connectivity index (χ3n) is 5.03. The molecule has 2 atom stereocenters. The maximum absolute atomic E-state index is 12.0. The van der Waals surface area contributed by atoms with Gasteiger partial charge < -0.3 is 4.74 Å². The van der Waals surface area contributed by atoms with Crippen molar-refractivity contribution >= 4 is 16.9 Å². The first-order valence-corrected chi connectivity index (χ1v) is 7.41. The molecule has 108 valence electrons. The van der Waals surface area contributed by atoms with E-state index in [0.717, 1.165) is 12.1 Å². The minimum absolute atomic E-state index is 0.0516. The van der Waals surface area contributed by atoms with Crippen molar-refractivity contribution in [2.75, 3.05) is 6.54 Å². The van der Waals surface area contributed by atoms with Gasteiger partial charge in [0.1, 0.15) is 5.54 Å². The van der Waals surface area contributed by atoms with Crippen molar-refractivity contribution in [1.82, 2.24) is 0 Å². The van der Waals surface area contributed by atoms with Gasteiger partial charge in [0.25, 0.3) is 0 Å². The van der Waals surface area contributed by atoms with Gasteiger partial charge in [-0.2, -0.15) is 0 Å². The number of hydrogen-bond acceptors (Lipinski definition) is 2. The zero-order chi connectivity index (χ0) is 14.8. The van der Waals surface area contributed by atoms with Crippen LogP contribution >= 0.6 is 0 Å². The Morgan fingerprint density at radius 1 is 1.14 bits per heavy atom. The van der Waals surface area contributed by atoms with Gasteiger partial charge in [-0.15, -0.1) is 0 Å². The van der Waals surface area contributed by atoms with Gasteiger partial charge in [0.05, 0.1) is 0 Å². The zero-order valence-electron chi connectivity index (χ0n) is 12.7. The lowest BCUT2D eigenvalue weighted by Gasteiger charge is -2.38. The number of ether oxygens (including phenoxy) is 1. The highest BCUT2D eigenvalue weighted by atomic mass is 16.6. The van der Waals surface area contributed by atoms with Gasteiger partial charge in [-0.1, -0.05) is 16.7 Å². The predicted molar refractivity (Wildman–Crippen MR) is 77.9 cm³/mol. The number of benzene rings is 1. The van der Waals surface area contributed by atoms with Crippen molar-refractivity contribution in [2.24, 2.45) is 0 Å². The molecule has 2 aliphatic heterocycles. The number of aromatic nitrogens is 1. The highest BCUT2D eigenvalue weighted by Crippen LogP contribution is 2.43. The molecule has 1 aromatic heterocycles. The maximum Gasteiger partial charge on any atom is 0.449 e. The fourth-order valence-corrected chi connectivity index (χ4v) is 3.73. The molecule has 1 aromatic carbocycles. The van der Waals surface area contributed by atoms with Crippen LogP contribution in [0.2, 0.25) is 0 Å². The van der Waals surface area contributed by atoms with Crippen LogP contribution in [0.25, 0.3) is 10.9 Å². The lowest BCUT2D eigenvalue weighted by atomic mass is 10.0. The number of para-hydroxylation sites is 1. The molecule has 1 fully saturated rings. The van der Waals surface area contributed by atoms with Gasteiger partial charge in [0.2, 0.25) is 11.2 Å². The topological polar surface area (TPSA) is 30.2 Å². The van der Waals surface area contributed by atoms with E-state index in [1.807, 2.05) is 12.1 Å². The van der Waals surface area contributed by atoms with E-state index < -0.39 is 0 Å². The molecule has 4 rings (SSSR count). The number of esters is 1. The first-order valence-electron chi connectivity index (χ1n) is 7.41. The summed E-state index contributed by atoms with van der Waals surface area (Å²) in [6.45, 7) is 7.86. The van der Waals surface area contributed by atoms with E-state index in [2.05, 4.69) is 49.6 Å². The summed E-state index contributed by atoms with van der Waals surface area (Å²) >= 11 is 0. The molecular weight excluding hydrogens is 264 g/mol. The second-order valence-corrected chi connectivity index (χ2v) is 7.09. The Labute approximate surface area is 124 Å². The summed E-state index contributed by atoms with van der Waals surface area (Å²) in [5, 5.41) is 1.18. The van der Waals surface area contributed by atoms with Crippen molar-refractivity contribution in [3.05, 3.63) is 42.1 Å². The van der Waals surface area contributed by atoms with Crippen LogP contribution < -0.4 is 4.57 Å². The van der Waals surface area contributed by atoms with Gasteiger partial charge in [-0.05, 0) is 32.9 Å². The fourth-order valence-electron chi connectivity index (χ4n) is 3.73. The Hall–Kier alpha value is -1.94. The number of quaternary nitrogens is 1. The number of rotatable bonds is 0. The Morgan fingerprint density at radius 2 is 1.90 bits per heavy atom. The van der Waals surface area contributed by atoms with E-state index in [0.29, 0.717) is 11.0 Å².